The number of nitrogens with two attached hydrogens (primary N) is 1. The van der Waals surface area contributed by atoms with E-state index in [1.807, 2.05) is 12.1 Å². The average molecular weight is 249 g/mol. The van der Waals surface area contributed by atoms with Gasteiger partial charge in [0.05, 0.1) is 12.6 Å². The molecule has 1 saturated heterocycles. The number of rotatable bonds is 5. The molecule has 0 aliphatic carbocycles. The molecule has 1 aliphatic rings. The third-order valence-corrected chi connectivity index (χ3v) is 3.52. The van der Waals surface area contributed by atoms with E-state index in [2.05, 4.69) is 36.8 Å². The standard InChI is InChI=1S/C14H23N3O/c1-3-8-18-12-6-4-11(5-7-12)14-13(9-15)10(2)16-17-14/h4-7,10,13-14,16-17H,3,8-9,15H2,1-2H3. The Bertz CT molecular complexity index is 366. The second kappa shape index (κ2) is 6.18. The Labute approximate surface area is 109 Å². The second-order valence-electron chi connectivity index (χ2n) is 4.87. The number of hydrogen-bond donors (Lipinski definition) is 3. The highest BCUT2D eigenvalue weighted by molar-refractivity contribution is 5.30. The molecule has 1 aliphatic heterocycles. The summed E-state index contributed by atoms with van der Waals surface area (Å²) in [4.78, 5) is 0. The van der Waals surface area contributed by atoms with Crippen LogP contribution in [-0.2, 0) is 0 Å². The fourth-order valence-electron chi connectivity index (χ4n) is 2.39. The van der Waals surface area contributed by atoms with Gasteiger partial charge in [0.15, 0.2) is 0 Å². The molecule has 0 aromatic heterocycles. The van der Waals surface area contributed by atoms with Gasteiger partial charge in [-0.05, 0) is 37.6 Å². The highest BCUT2D eigenvalue weighted by atomic mass is 16.5. The number of hydrazine groups is 1. The molecule has 0 amide bonds. The van der Waals surface area contributed by atoms with Gasteiger partial charge in [-0.3, -0.25) is 5.43 Å². The molecule has 1 aromatic carbocycles. The summed E-state index contributed by atoms with van der Waals surface area (Å²) in [7, 11) is 0. The smallest absolute Gasteiger partial charge is 0.119 e. The average Bonchev–Trinajstić information content (AvgIpc) is 2.78. The molecule has 1 heterocycles. The highest BCUT2D eigenvalue weighted by Gasteiger charge is 2.32. The van der Waals surface area contributed by atoms with Crippen LogP contribution >= 0.6 is 0 Å². The van der Waals surface area contributed by atoms with Crippen molar-refractivity contribution in [2.75, 3.05) is 13.2 Å². The first-order valence-electron chi connectivity index (χ1n) is 6.70. The van der Waals surface area contributed by atoms with E-state index in [9.17, 15) is 0 Å². The fraction of sp³-hybridized carbons (Fsp3) is 0.571. The Kier molecular flexibility index (Phi) is 4.58. The molecule has 100 valence electrons. The normalized spacial score (nSPS) is 27.4. The first-order chi connectivity index (χ1) is 8.76. The molecule has 18 heavy (non-hydrogen) atoms. The summed E-state index contributed by atoms with van der Waals surface area (Å²) >= 11 is 0. The fourth-order valence-corrected chi connectivity index (χ4v) is 2.39. The maximum Gasteiger partial charge on any atom is 0.119 e. The molecular weight excluding hydrogens is 226 g/mol. The van der Waals surface area contributed by atoms with E-state index in [1.54, 1.807) is 0 Å². The van der Waals surface area contributed by atoms with Gasteiger partial charge in [-0.1, -0.05) is 19.1 Å². The van der Waals surface area contributed by atoms with Gasteiger partial charge in [-0.2, -0.15) is 0 Å². The summed E-state index contributed by atoms with van der Waals surface area (Å²) in [5.74, 6) is 1.36. The molecule has 0 spiro atoms. The molecule has 0 bridgehead atoms. The van der Waals surface area contributed by atoms with Gasteiger partial charge in [-0.25, -0.2) is 5.43 Å². The van der Waals surface area contributed by atoms with E-state index < -0.39 is 0 Å². The number of hydrogen-bond acceptors (Lipinski definition) is 4. The minimum absolute atomic E-state index is 0.283. The molecule has 4 nitrogen and oxygen atoms in total. The maximum atomic E-state index is 5.84. The predicted molar refractivity (Wildman–Crippen MR) is 73.2 cm³/mol. The lowest BCUT2D eigenvalue weighted by Crippen LogP contribution is -2.30. The van der Waals surface area contributed by atoms with Gasteiger partial charge in [-0.15, -0.1) is 0 Å². The van der Waals surface area contributed by atoms with E-state index in [1.165, 1.54) is 5.56 Å². The summed E-state index contributed by atoms with van der Waals surface area (Å²) in [5.41, 5.74) is 13.7. The van der Waals surface area contributed by atoms with Crippen LogP contribution in [0.25, 0.3) is 0 Å². The maximum absolute atomic E-state index is 5.84. The van der Waals surface area contributed by atoms with Gasteiger partial charge in [0.25, 0.3) is 0 Å². The minimum Gasteiger partial charge on any atom is -0.494 e. The van der Waals surface area contributed by atoms with Crippen molar-refractivity contribution in [3.63, 3.8) is 0 Å². The molecule has 0 saturated carbocycles. The van der Waals surface area contributed by atoms with Crippen molar-refractivity contribution < 1.29 is 4.74 Å². The Morgan fingerprint density at radius 1 is 1.22 bits per heavy atom. The summed E-state index contributed by atoms with van der Waals surface area (Å²) in [6.45, 7) is 5.71. The van der Waals surface area contributed by atoms with Crippen molar-refractivity contribution in [3.05, 3.63) is 29.8 Å². The van der Waals surface area contributed by atoms with Crippen LogP contribution in [0.4, 0.5) is 0 Å². The van der Waals surface area contributed by atoms with Gasteiger partial charge in [0.2, 0.25) is 0 Å². The zero-order valence-electron chi connectivity index (χ0n) is 11.1. The van der Waals surface area contributed by atoms with Crippen LogP contribution in [0.3, 0.4) is 0 Å². The Hall–Kier alpha value is -1.10. The van der Waals surface area contributed by atoms with E-state index in [4.69, 9.17) is 10.5 Å². The predicted octanol–water partition coefficient (Wildman–Crippen LogP) is 1.59. The topological polar surface area (TPSA) is 59.3 Å². The first-order valence-corrected chi connectivity index (χ1v) is 6.70. The van der Waals surface area contributed by atoms with Gasteiger partial charge in [0.1, 0.15) is 5.75 Å². The lowest BCUT2D eigenvalue weighted by atomic mass is 9.90. The van der Waals surface area contributed by atoms with Crippen LogP contribution in [0.15, 0.2) is 24.3 Å². The molecule has 2 rings (SSSR count). The largest absolute Gasteiger partial charge is 0.494 e. The van der Waals surface area contributed by atoms with Crippen molar-refractivity contribution in [3.8, 4) is 5.75 Å². The van der Waals surface area contributed by atoms with Crippen LogP contribution in [-0.4, -0.2) is 19.2 Å². The number of nitrogens with one attached hydrogen (secondary N) is 2. The van der Waals surface area contributed by atoms with Crippen molar-refractivity contribution in [1.82, 2.24) is 10.9 Å². The van der Waals surface area contributed by atoms with Crippen LogP contribution in [0.1, 0.15) is 31.9 Å². The third-order valence-electron chi connectivity index (χ3n) is 3.52. The minimum atomic E-state index is 0.283. The third kappa shape index (κ3) is 2.83. The molecular formula is C14H23N3O. The Morgan fingerprint density at radius 2 is 1.94 bits per heavy atom. The molecule has 3 unspecified atom stereocenters. The Balaban J connectivity index is 2.05. The van der Waals surface area contributed by atoms with Gasteiger partial charge in [0, 0.05) is 12.0 Å². The van der Waals surface area contributed by atoms with Crippen LogP contribution < -0.4 is 21.3 Å². The van der Waals surface area contributed by atoms with E-state index in [0.29, 0.717) is 18.5 Å². The lowest BCUT2D eigenvalue weighted by molar-refractivity contribution is 0.317. The van der Waals surface area contributed by atoms with E-state index in [0.717, 1.165) is 18.8 Å². The van der Waals surface area contributed by atoms with Crippen molar-refractivity contribution in [2.45, 2.75) is 32.4 Å². The molecule has 0 radical (unpaired) electrons. The monoisotopic (exact) mass is 249 g/mol. The van der Waals surface area contributed by atoms with Crippen molar-refractivity contribution in [2.24, 2.45) is 11.7 Å². The molecule has 4 N–H and O–H groups in total. The lowest BCUT2D eigenvalue weighted by Gasteiger charge is -2.19. The summed E-state index contributed by atoms with van der Waals surface area (Å²) < 4.78 is 5.59. The molecule has 3 atom stereocenters. The second-order valence-corrected chi connectivity index (χ2v) is 4.87. The van der Waals surface area contributed by atoms with Gasteiger partial charge >= 0.3 is 0 Å². The van der Waals surface area contributed by atoms with Crippen LogP contribution in [0.2, 0.25) is 0 Å². The van der Waals surface area contributed by atoms with Crippen LogP contribution in [0.5, 0.6) is 5.75 Å². The molecule has 1 fully saturated rings. The Morgan fingerprint density at radius 3 is 2.56 bits per heavy atom. The van der Waals surface area contributed by atoms with E-state index >= 15 is 0 Å². The summed E-state index contributed by atoms with van der Waals surface area (Å²) in [6, 6.07) is 8.98. The van der Waals surface area contributed by atoms with Crippen molar-refractivity contribution in [1.29, 1.82) is 0 Å². The summed E-state index contributed by atoms with van der Waals surface area (Å²) in [6.07, 6.45) is 1.03. The number of ether oxygens (including phenoxy) is 1. The van der Waals surface area contributed by atoms with Crippen LogP contribution in [0, 0.1) is 5.92 Å². The highest BCUT2D eigenvalue weighted by Crippen LogP contribution is 2.28. The van der Waals surface area contributed by atoms with Crippen molar-refractivity contribution >= 4 is 0 Å². The quantitative estimate of drug-likeness (QED) is 0.741. The van der Waals surface area contributed by atoms with Gasteiger partial charge < -0.3 is 10.5 Å². The first kappa shape index (κ1) is 13.3. The number of benzene rings is 1. The summed E-state index contributed by atoms with van der Waals surface area (Å²) in [5, 5.41) is 0. The molecule has 1 aromatic rings. The SMILES string of the molecule is CCCOc1ccc(C2NNC(C)C2CN)cc1. The molecule has 4 heteroatoms. The zero-order valence-corrected chi connectivity index (χ0v) is 11.1. The van der Waals surface area contributed by atoms with E-state index in [-0.39, 0.29) is 6.04 Å². The zero-order chi connectivity index (χ0) is 13.0.